The lowest BCUT2D eigenvalue weighted by atomic mass is 10.2. The van der Waals surface area contributed by atoms with Crippen molar-refractivity contribution in [1.29, 1.82) is 0 Å². The standard InChI is InChI=1S/C20H21Cl2N3O4S2/c1-11(2)24-17-8-5-13(9-18(17)30-20(24)27)23-19(26)12(3)25(31(4,28)29)14-6-7-15(21)16(22)10-14/h5-12H,1-4H3,(H,23,26)/t12-/m1/s1. The van der Waals surface area contributed by atoms with Crippen LogP contribution in [0.4, 0.5) is 11.4 Å². The number of carbonyl (C=O) groups excluding carboxylic acids is 1. The third-order valence-electron chi connectivity index (χ3n) is 4.64. The highest BCUT2D eigenvalue weighted by Crippen LogP contribution is 2.30. The van der Waals surface area contributed by atoms with Gasteiger partial charge in [-0.3, -0.25) is 18.5 Å². The van der Waals surface area contributed by atoms with Crippen LogP contribution < -0.4 is 14.5 Å². The summed E-state index contributed by atoms with van der Waals surface area (Å²) in [5.41, 5.74) is 1.47. The summed E-state index contributed by atoms with van der Waals surface area (Å²) in [5.74, 6) is -0.536. The molecule has 2 aromatic carbocycles. The van der Waals surface area contributed by atoms with E-state index in [4.69, 9.17) is 23.2 Å². The van der Waals surface area contributed by atoms with Crippen molar-refractivity contribution in [3.63, 3.8) is 0 Å². The maximum atomic E-state index is 12.9. The van der Waals surface area contributed by atoms with Crippen molar-refractivity contribution < 1.29 is 13.2 Å². The molecule has 31 heavy (non-hydrogen) atoms. The summed E-state index contributed by atoms with van der Waals surface area (Å²) in [6, 6.07) is 8.44. The van der Waals surface area contributed by atoms with E-state index in [1.165, 1.54) is 25.1 Å². The molecule has 166 valence electrons. The number of halogens is 2. The zero-order chi connectivity index (χ0) is 23.1. The van der Waals surface area contributed by atoms with Crippen LogP contribution in [0, 0.1) is 0 Å². The van der Waals surface area contributed by atoms with E-state index in [1.54, 1.807) is 22.8 Å². The molecular weight excluding hydrogens is 481 g/mol. The van der Waals surface area contributed by atoms with E-state index in [-0.39, 0.29) is 26.6 Å². The number of hydrogen-bond donors (Lipinski definition) is 1. The molecular formula is C20H21Cl2N3O4S2. The maximum Gasteiger partial charge on any atom is 0.308 e. The molecule has 0 fully saturated rings. The molecule has 0 radical (unpaired) electrons. The Balaban J connectivity index is 1.92. The van der Waals surface area contributed by atoms with Crippen molar-refractivity contribution in [3.05, 3.63) is 56.1 Å². The van der Waals surface area contributed by atoms with Gasteiger partial charge in [0.25, 0.3) is 0 Å². The van der Waals surface area contributed by atoms with E-state index in [1.807, 2.05) is 13.8 Å². The summed E-state index contributed by atoms with van der Waals surface area (Å²) >= 11 is 13.1. The van der Waals surface area contributed by atoms with Crippen molar-refractivity contribution in [3.8, 4) is 0 Å². The van der Waals surface area contributed by atoms with Gasteiger partial charge in [-0.25, -0.2) is 8.42 Å². The van der Waals surface area contributed by atoms with Crippen LogP contribution in [0.25, 0.3) is 10.2 Å². The zero-order valence-electron chi connectivity index (χ0n) is 17.2. The second-order valence-corrected chi connectivity index (χ2v) is 11.0. The molecule has 0 aliphatic heterocycles. The van der Waals surface area contributed by atoms with Crippen LogP contribution in [0.2, 0.25) is 10.0 Å². The molecule has 11 heteroatoms. The van der Waals surface area contributed by atoms with Crippen LogP contribution in [0.1, 0.15) is 26.8 Å². The summed E-state index contributed by atoms with van der Waals surface area (Å²) in [7, 11) is -3.80. The fourth-order valence-electron chi connectivity index (χ4n) is 3.28. The molecule has 0 spiro atoms. The fraction of sp³-hybridized carbons (Fsp3) is 0.300. The third kappa shape index (κ3) is 4.90. The molecule has 1 amide bonds. The highest BCUT2D eigenvalue weighted by Gasteiger charge is 2.29. The molecule has 1 aromatic heterocycles. The Morgan fingerprint density at radius 3 is 2.35 bits per heavy atom. The van der Waals surface area contributed by atoms with Crippen LogP contribution in [-0.4, -0.2) is 31.2 Å². The smallest absolute Gasteiger partial charge is 0.308 e. The molecule has 0 aliphatic rings. The predicted molar refractivity (Wildman–Crippen MR) is 128 cm³/mol. The number of nitrogens with one attached hydrogen (secondary N) is 1. The Morgan fingerprint density at radius 2 is 1.77 bits per heavy atom. The Morgan fingerprint density at radius 1 is 1.10 bits per heavy atom. The Labute approximate surface area is 194 Å². The molecule has 0 saturated heterocycles. The van der Waals surface area contributed by atoms with Gasteiger partial charge in [-0.15, -0.1) is 0 Å². The minimum Gasteiger partial charge on any atom is -0.324 e. The highest BCUT2D eigenvalue weighted by molar-refractivity contribution is 7.92. The molecule has 0 unspecified atom stereocenters. The molecule has 0 bridgehead atoms. The lowest BCUT2D eigenvalue weighted by Gasteiger charge is -2.28. The van der Waals surface area contributed by atoms with Crippen molar-refractivity contribution in [2.45, 2.75) is 32.9 Å². The molecule has 0 aliphatic carbocycles. The average molecular weight is 502 g/mol. The van der Waals surface area contributed by atoms with Gasteiger partial charge >= 0.3 is 4.87 Å². The van der Waals surface area contributed by atoms with Crippen LogP contribution >= 0.6 is 34.5 Å². The summed E-state index contributed by atoms with van der Waals surface area (Å²) in [6.07, 6.45) is 1.01. The van der Waals surface area contributed by atoms with E-state index < -0.39 is 22.0 Å². The van der Waals surface area contributed by atoms with Crippen LogP contribution in [0.3, 0.4) is 0 Å². The second kappa shape index (κ2) is 8.82. The van der Waals surface area contributed by atoms with E-state index in [2.05, 4.69) is 5.32 Å². The highest BCUT2D eigenvalue weighted by atomic mass is 35.5. The van der Waals surface area contributed by atoms with Gasteiger partial charge in [0, 0.05) is 11.7 Å². The van der Waals surface area contributed by atoms with Crippen molar-refractivity contribution in [2.75, 3.05) is 15.9 Å². The van der Waals surface area contributed by atoms with Gasteiger partial charge < -0.3 is 5.32 Å². The number of carbonyl (C=O) groups is 1. The largest absolute Gasteiger partial charge is 0.324 e. The lowest BCUT2D eigenvalue weighted by molar-refractivity contribution is -0.116. The van der Waals surface area contributed by atoms with E-state index in [0.29, 0.717) is 5.69 Å². The van der Waals surface area contributed by atoms with Gasteiger partial charge in [-0.1, -0.05) is 34.5 Å². The number of hydrogen-bond acceptors (Lipinski definition) is 5. The number of aromatic nitrogens is 1. The van der Waals surface area contributed by atoms with Gasteiger partial charge in [-0.05, 0) is 57.2 Å². The summed E-state index contributed by atoms with van der Waals surface area (Å²) in [6.45, 7) is 5.33. The van der Waals surface area contributed by atoms with Crippen LogP contribution in [0.5, 0.6) is 0 Å². The fourth-order valence-corrected chi connectivity index (χ4v) is 5.79. The zero-order valence-corrected chi connectivity index (χ0v) is 20.4. The predicted octanol–water partition coefficient (Wildman–Crippen LogP) is 4.74. The number of sulfonamides is 1. The molecule has 1 heterocycles. The summed E-state index contributed by atoms with van der Waals surface area (Å²) in [5, 5.41) is 3.18. The summed E-state index contributed by atoms with van der Waals surface area (Å²) in [4.78, 5) is 25.1. The molecule has 3 rings (SSSR count). The quantitative estimate of drug-likeness (QED) is 0.527. The van der Waals surface area contributed by atoms with Gasteiger partial charge in [0.15, 0.2) is 0 Å². The number of benzene rings is 2. The third-order valence-corrected chi connectivity index (χ3v) is 7.54. The van der Waals surface area contributed by atoms with E-state index in [9.17, 15) is 18.0 Å². The monoisotopic (exact) mass is 501 g/mol. The van der Waals surface area contributed by atoms with Gasteiger partial charge in [0.2, 0.25) is 15.9 Å². The second-order valence-electron chi connectivity index (χ2n) is 7.34. The van der Waals surface area contributed by atoms with Crippen molar-refractivity contribution in [2.24, 2.45) is 0 Å². The first-order valence-electron chi connectivity index (χ1n) is 9.30. The maximum absolute atomic E-state index is 12.9. The first-order chi connectivity index (χ1) is 14.4. The number of anilines is 2. The summed E-state index contributed by atoms with van der Waals surface area (Å²) < 4.78 is 28.3. The minimum absolute atomic E-state index is 0.0104. The SMILES string of the molecule is CC(C)n1c(=O)sc2cc(NC(=O)[C@@H](C)N(c3ccc(Cl)c(Cl)c3)S(C)(=O)=O)ccc21. The van der Waals surface area contributed by atoms with Gasteiger partial charge in [0.05, 0.1) is 32.2 Å². The molecule has 1 atom stereocenters. The Bertz CT molecular complexity index is 1320. The average Bonchev–Trinajstić information content (AvgIpc) is 2.98. The number of fused-ring (bicyclic) bond motifs is 1. The van der Waals surface area contributed by atoms with E-state index >= 15 is 0 Å². The Hall–Kier alpha value is -2.07. The first-order valence-corrected chi connectivity index (χ1v) is 12.7. The lowest BCUT2D eigenvalue weighted by Crippen LogP contribution is -2.45. The van der Waals surface area contributed by atoms with Crippen molar-refractivity contribution in [1.82, 2.24) is 4.57 Å². The number of thiazole rings is 1. The van der Waals surface area contributed by atoms with Crippen LogP contribution in [0.15, 0.2) is 41.2 Å². The van der Waals surface area contributed by atoms with Gasteiger partial charge in [0.1, 0.15) is 6.04 Å². The molecule has 7 nitrogen and oxygen atoms in total. The number of nitrogens with zero attached hydrogens (tertiary/aromatic N) is 2. The van der Waals surface area contributed by atoms with Crippen molar-refractivity contribution >= 4 is 72.1 Å². The minimum atomic E-state index is -3.80. The Kier molecular flexibility index (Phi) is 6.71. The molecule has 3 aromatic rings. The number of amides is 1. The molecule has 0 saturated carbocycles. The molecule has 1 N–H and O–H groups in total. The van der Waals surface area contributed by atoms with Crippen LogP contribution in [-0.2, 0) is 14.8 Å². The van der Waals surface area contributed by atoms with E-state index in [0.717, 1.165) is 32.1 Å². The first kappa shape index (κ1) is 23.6. The van der Waals surface area contributed by atoms with Gasteiger partial charge in [-0.2, -0.15) is 0 Å². The number of rotatable bonds is 6. The topological polar surface area (TPSA) is 88.5 Å². The normalized spacial score (nSPS) is 12.9.